The van der Waals surface area contributed by atoms with Crippen molar-refractivity contribution < 1.29 is 9.32 Å². The number of hydrogen-bond donors (Lipinski definition) is 1. The highest BCUT2D eigenvalue weighted by Crippen LogP contribution is 2.33. The molecule has 1 saturated carbocycles. The van der Waals surface area contributed by atoms with Crippen LogP contribution in [0.15, 0.2) is 34.9 Å². The van der Waals surface area contributed by atoms with E-state index in [1.54, 1.807) is 13.0 Å². The molecule has 6 heteroatoms. The number of carbonyl (C=O) groups excluding carboxylic acids is 1. The van der Waals surface area contributed by atoms with Crippen LogP contribution in [0.25, 0.3) is 11.0 Å². The van der Waals surface area contributed by atoms with Gasteiger partial charge in [-0.1, -0.05) is 17.3 Å². The van der Waals surface area contributed by atoms with Crippen molar-refractivity contribution >= 4 is 22.9 Å². The summed E-state index contributed by atoms with van der Waals surface area (Å²) in [5, 5.41) is 6.58. The average molecular weight is 296 g/mol. The molecular weight excluding hydrogens is 280 g/mol. The Balaban J connectivity index is 1.69. The van der Waals surface area contributed by atoms with Crippen LogP contribution in [0, 0.1) is 12.8 Å². The number of carbonyl (C=O) groups is 1. The Hall–Kier alpha value is -2.63. The van der Waals surface area contributed by atoms with E-state index in [-0.39, 0.29) is 11.7 Å². The fourth-order valence-electron chi connectivity index (χ4n) is 2.55. The van der Waals surface area contributed by atoms with Gasteiger partial charge in [0.1, 0.15) is 0 Å². The van der Waals surface area contributed by atoms with Crippen LogP contribution in [0.4, 0.5) is 5.95 Å². The summed E-state index contributed by atoms with van der Waals surface area (Å²) in [6.45, 7) is 2.66. The van der Waals surface area contributed by atoms with Crippen LogP contribution < -0.4 is 5.32 Å². The van der Waals surface area contributed by atoms with Crippen LogP contribution in [0.5, 0.6) is 0 Å². The first-order valence-electron chi connectivity index (χ1n) is 7.40. The van der Waals surface area contributed by atoms with Crippen LogP contribution in [0.3, 0.4) is 0 Å². The van der Waals surface area contributed by atoms with Crippen LogP contribution in [0.2, 0.25) is 0 Å². The molecule has 1 aliphatic carbocycles. The minimum Gasteiger partial charge on any atom is -0.351 e. The molecule has 0 radical (unpaired) electrons. The Bertz CT molecular complexity index is 845. The number of fused-ring (bicyclic) bond motifs is 1. The number of benzene rings is 1. The van der Waals surface area contributed by atoms with Crippen molar-refractivity contribution in [3.05, 3.63) is 41.8 Å². The van der Waals surface area contributed by atoms with Gasteiger partial charge in [-0.3, -0.25) is 10.1 Å². The third kappa shape index (κ3) is 2.36. The number of nitrogens with zero attached hydrogens (tertiary/aromatic N) is 3. The molecule has 0 aliphatic heterocycles. The lowest BCUT2D eigenvalue weighted by Gasteiger charge is -2.08. The number of aryl methyl sites for hydroxylation is 1. The summed E-state index contributed by atoms with van der Waals surface area (Å²) in [5.41, 5.74) is 2.60. The molecule has 1 amide bonds. The Labute approximate surface area is 127 Å². The van der Waals surface area contributed by atoms with Gasteiger partial charge in [0.2, 0.25) is 11.7 Å². The summed E-state index contributed by atoms with van der Waals surface area (Å²) in [4.78, 5) is 16.8. The van der Waals surface area contributed by atoms with Gasteiger partial charge >= 0.3 is 0 Å². The summed E-state index contributed by atoms with van der Waals surface area (Å²) in [7, 11) is 0. The zero-order valence-electron chi connectivity index (χ0n) is 12.2. The lowest BCUT2D eigenvalue weighted by atomic mass is 10.3. The van der Waals surface area contributed by atoms with Crippen molar-refractivity contribution in [2.45, 2.75) is 26.3 Å². The predicted molar refractivity (Wildman–Crippen MR) is 81.7 cm³/mol. The van der Waals surface area contributed by atoms with Gasteiger partial charge in [0.15, 0.2) is 0 Å². The van der Waals surface area contributed by atoms with Gasteiger partial charge in [-0.2, -0.15) is 0 Å². The summed E-state index contributed by atoms with van der Waals surface area (Å²) in [6.07, 6.45) is 2.47. The Morgan fingerprint density at radius 2 is 2.23 bits per heavy atom. The molecule has 6 nitrogen and oxygen atoms in total. The molecule has 0 bridgehead atoms. The Morgan fingerprint density at radius 1 is 1.41 bits per heavy atom. The van der Waals surface area contributed by atoms with Gasteiger partial charge in [0.25, 0.3) is 5.91 Å². The number of aromatic nitrogens is 3. The molecule has 112 valence electrons. The molecule has 0 saturated heterocycles. The maximum absolute atomic E-state index is 12.3. The van der Waals surface area contributed by atoms with Crippen LogP contribution >= 0.6 is 0 Å². The number of para-hydroxylation sites is 2. The van der Waals surface area contributed by atoms with Crippen molar-refractivity contribution in [2.75, 3.05) is 5.32 Å². The highest BCUT2D eigenvalue weighted by atomic mass is 16.5. The van der Waals surface area contributed by atoms with E-state index in [9.17, 15) is 4.79 Å². The van der Waals surface area contributed by atoms with E-state index in [1.807, 2.05) is 24.3 Å². The predicted octanol–water partition coefficient (Wildman–Crippen LogP) is 3.00. The third-order valence-corrected chi connectivity index (χ3v) is 3.87. The second-order valence-electron chi connectivity index (χ2n) is 5.76. The quantitative estimate of drug-likeness (QED) is 0.803. The lowest BCUT2D eigenvalue weighted by molar-refractivity contribution is 0.0986. The molecule has 2 aromatic heterocycles. The minimum atomic E-state index is -0.326. The van der Waals surface area contributed by atoms with Gasteiger partial charge in [0.05, 0.1) is 16.7 Å². The minimum absolute atomic E-state index is 0.197. The molecule has 1 aromatic carbocycles. The van der Waals surface area contributed by atoms with Crippen LogP contribution in [-0.4, -0.2) is 20.6 Å². The van der Waals surface area contributed by atoms with Crippen LogP contribution in [0.1, 0.15) is 29.1 Å². The maximum Gasteiger partial charge on any atom is 0.296 e. The van der Waals surface area contributed by atoms with Gasteiger partial charge in [-0.05, 0) is 37.8 Å². The zero-order valence-corrected chi connectivity index (χ0v) is 12.2. The average Bonchev–Trinajstić information content (AvgIpc) is 3.12. The SMILES string of the molecule is Cc1cc(C(=O)Nc2nc3ccccc3n2CC2CC2)on1. The van der Waals surface area contributed by atoms with Crippen molar-refractivity contribution in [3.8, 4) is 0 Å². The highest BCUT2D eigenvalue weighted by Gasteiger charge is 2.25. The zero-order chi connectivity index (χ0) is 15.1. The van der Waals surface area contributed by atoms with Gasteiger partial charge < -0.3 is 9.09 Å². The smallest absolute Gasteiger partial charge is 0.296 e. The molecule has 1 aliphatic rings. The number of anilines is 1. The van der Waals surface area contributed by atoms with Gasteiger partial charge in [0, 0.05) is 12.6 Å². The van der Waals surface area contributed by atoms with E-state index in [0.717, 1.165) is 17.6 Å². The van der Waals surface area contributed by atoms with E-state index < -0.39 is 0 Å². The van der Waals surface area contributed by atoms with E-state index in [1.165, 1.54) is 12.8 Å². The van der Waals surface area contributed by atoms with E-state index >= 15 is 0 Å². The van der Waals surface area contributed by atoms with E-state index in [4.69, 9.17) is 4.52 Å². The topological polar surface area (TPSA) is 73.0 Å². The fraction of sp³-hybridized carbons (Fsp3) is 0.312. The number of rotatable bonds is 4. The normalized spacial score (nSPS) is 14.4. The second kappa shape index (κ2) is 4.98. The number of nitrogens with one attached hydrogen (secondary N) is 1. The van der Waals surface area contributed by atoms with Crippen LogP contribution in [-0.2, 0) is 6.54 Å². The monoisotopic (exact) mass is 296 g/mol. The molecule has 0 spiro atoms. The van der Waals surface area contributed by atoms with Crippen molar-refractivity contribution in [2.24, 2.45) is 5.92 Å². The highest BCUT2D eigenvalue weighted by molar-refractivity contribution is 6.02. The standard InChI is InChI=1S/C16H16N4O2/c1-10-8-14(22-19-10)15(21)18-16-17-12-4-2-3-5-13(12)20(16)9-11-6-7-11/h2-5,8,11H,6-7,9H2,1H3,(H,17,18,21). The Morgan fingerprint density at radius 3 is 2.95 bits per heavy atom. The van der Waals surface area contributed by atoms with Crippen molar-refractivity contribution in [1.82, 2.24) is 14.7 Å². The molecule has 4 rings (SSSR count). The molecule has 1 fully saturated rings. The van der Waals surface area contributed by atoms with Crippen molar-refractivity contribution in [3.63, 3.8) is 0 Å². The fourth-order valence-corrected chi connectivity index (χ4v) is 2.55. The number of hydrogen-bond acceptors (Lipinski definition) is 4. The number of imidazole rings is 1. The molecular formula is C16H16N4O2. The first kappa shape index (κ1) is 13.1. The summed E-state index contributed by atoms with van der Waals surface area (Å²) in [5.74, 6) is 1.11. The summed E-state index contributed by atoms with van der Waals surface area (Å²) < 4.78 is 7.08. The first-order chi connectivity index (χ1) is 10.7. The third-order valence-electron chi connectivity index (χ3n) is 3.87. The first-order valence-corrected chi connectivity index (χ1v) is 7.40. The largest absolute Gasteiger partial charge is 0.351 e. The summed E-state index contributed by atoms with van der Waals surface area (Å²) >= 11 is 0. The second-order valence-corrected chi connectivity index (χ2v) is 5.76. The molecule has 3 aromatic rings. The van der Waals surface area contributed by atoms with E-state index in [2.05, 4.69) is 20.0 Å². The maximum atomic E-state index is 12.3. The lowest BCUT2D eigenvalue weighted by Crippen LogP contribution is -2.16. The Kier molecular flexibility index (Phi) is 2.96. The molecule has 1 N–H and O–H groups in total. The molecule has 0 atom stereocenters. The van der Waals surface area contributed by atoms with Gasteiger partial charge in [-0.25, -0.2) is 4.98 Å². The van der Waals surface area contributed by atoms with E-state index in [0.29, 0.717) is 17.6 Å². The van der Waals surface area contributed by atoms with Crippen molar-refractivity contribution in [1.29, 1.82) is 0 Å². The van der Waals surface area contributed by atoms with Gasteiger partial charge in [-0.15, -0.1) is 0 Å². The molecule has 0 unspecified atom stereocenters. The number of amides is 1. The molecule has 22 heavy (non-hydrogen) atoms. The molecule has 2 heterocycles. The summed E-state index contributed by atoms with van der Waals surface area (Å²) in [6, 6.07) is 9.52.